The molecule has 9 heteroatoms. The fourth-order valence-corrected chi connectivity index (χ4v) is 5.48. The highest BCUT2D eigenvalue weighted by atomic mass is 35.5. The predicted octanol–water partition coefficient (Wildman–Crippen LogP) is 5.66. The zero-order chi connectivity index (χ0) is 25.7. The monoisotopic (exact) mass is 522 g/mol. The molecule has 1 fully saturated rings. The van der Waals surface area contributed by atoms with Crippen LogP contribution in [0.2, 0.25) is 5.02 Å². The van der Waals surface area contributed by atoms with Crippen LogP contribution in [0.1, 0.15) is 42.2 Å². The molecule has 1 saturated carbocycles. The van der Waals surface area contributed by atoms with Crippen molar-refractivity contribution in [3.05, 3.63) is 87.8 Å². The Balaban J connectivity index is 1.37. The minimum absolute atomic E-state index is 0.0155. The number of amides is 1. The van der Waals surface area contributed by atoms with Crippen LogP contribution in [0.25, 0.3) is 0 Å². The fourth-order valence-electron chi connectivity index (χ4n) is 5.36. The number of alkyl halides is 1. The summed E-state index contributed by atoms with van der Waals surface area (Å²) in [7, 11) is 0. The van der Waals surface area contributed by atoms with Crippen molar-refractivity contribution in [1.29, 1.82) is 0 Å². The van der Waals surface area contributed by atoms with Gasteiger partial charge >= 0.3 is 0 Å². The topological polar surface area (TPSA) is 81.9 Å². The molecule has 1 aromatic heterocycles. The van der Waals surface area contributed by atoms with E-state index < -0.39 is 30.1 Å². The van der Waals surface area contributed by atoms with Crippen molar-refractivity contribution in [1.82, 2.24) is 5.16 Å². The number of nitrogens with zero attached hydrogens (tertiary/aromatic N) is 2. The van der Waals surface area contributed by atoms with Crippen molar-refractivity contribution in [3.63, 3.8) is 0 Å². The summed E-state index contributed by atoms with van der Waals surface area (Å²) in [5.41, 5.74) is 1.82. The van der Waals surface area contributed by atoms with Crippen molar-refractivity contribution >= 4 is 29.1 Å². The summed E-state index contributed by atoms with van der Waals surface area (Å²) in [6.07, 6.45) is -0.771. The van der Waals surface area contributed by atoms with E-state index in [9.17, 15) is 14.0 Å². The van der Waals surface area contributed by atoms with Crippen molar-refractivity contribution < 1.29 is 28.0 Å². The molecule has 4 atom stereocenters. The van der Waals surface area contributed by atoms with Crippen LogP contribution in [0.15, 0.2) is 70.5 Å². The third-order valence-electron chi connectivity index (χ3n) is 7.14. The van der Waals surface area contributed by atoms with E-state index >= 15 is 0 Å². The summed E-state index contributed by atoms with van der Waals surface area (Å²) in [6, 6.07) is 15.4. The van der Waals surface area contributed by atoms with Gasteiger partial charge in [0.1, 0.15) is 30.4 Å². The van der Waals surface area contributed by atoms with Crippen LogP contribution in [0, 0.1) is 12.8 Å². The number of aromatic nitrogens is 1. The van der Waals surface area contributed by atoms with Crippen molar-refractivity contribution in [3.8, 4) is 5.75 Å². The van der Waals surface area contributed by atoms with Gasteiger partial charge in [-0.25, -0.2) is 4.39 Å². The SMILES string of the molecule is Cc1cc(N2C(=O)C3=C(C(=O)C4CC(F)CCC4O3)C2c2cccc(OCc3ccc(Cl)cc3)c2)no1. The molecule has 3 heterocycles. The summed E-state index contributed by atoms with van der Waals surface area (Å²) in [5.74, 6) is 0.0403. The number of halogens is 2. The maximum Gasteiger partial charge on any atom is 0.295 e. The number of benzene rings is 2. The van der Waals surface area contributed by atoms with Gasteiger partial charge in [-0.2, -0.15) is 0 Å². The van der Waals surface area contributed by atoms with Crippen LogP contribution in [0.3, 0.4) is 0 Å². The Labute approximate surface area is 217 Å². The van der Waals surface area contributed by atoms with E-state index in [4.69, 9.17) is 25.6 Å². The van der Waals surface area contributed by atoms with Gasteiger partial charge < -0.3 is 14.0 Å². The highest BCUT2D eigenvalue weighted by molar-refractivity contribution is 6.30. The lowest BCUT2D eigenvalue weighted by Crippen LogP contribution is -2.42. The van der Waals surface area contributed by atoms with Gasteiger partial charge in [-0.15, -0.1) is 0 Å². The Bertz CT molecular complexity index is 1400. The molecule has 0 bridgehead atoms. The Kier molecular flexibility index (Phi) is 5.99. The summed E-state index contributed by atoms with van der Waals surface area (Å²) in [5, 5.41) is 4.69. The van der Waals surface area contributed by atoms with Gasteiger partial charge in [-0.3, -0.25) is 14.5 Å². The van der Waals surface area contributed by atoms with Crippen LogP contribution >= 0.6 is 11.6 Å². The molecule has 7 nitrogen and oxygen atoms in total. The third-order valence-corrected chi connectivity index (χ3v) is 7.39. The lowest BCUT2D eigenvalue weighted by Gasteiger charge is -2.36. The van der Waals surface area contributed by atoms with E-state index in [1.54, 1.807) is 43.3 Å². The number of hydrogen-bond donors (Lipinski definition) is 0. The number of fused-ring (bicyclic) bond motifs is 1. The van der Waals surface area contributed by atoms with Crippen molar-refractivity contribution in [2.75, 3.05) is 4.90 Å². The second-order valence-electron chi connectivity index (χ2n) is 9.64. The highest BCUT2D eigenvalue weighted by Crippen LogP contribution is 2.48. The van der Waals surface area contributed by atoms with Crippen LogP contribution in [0.5, 0.6) is 5.75 Å². The molecule has 4 unspecified atom stereocenters. The summed E-state index contributed by atoms with van der Waals surface area (Å²) < 4.78 is 31.6. The van der Waals surface area contributed by atoms with E-state index in [2.05, 4.69) is 5.16 Å². The maximum absolute atomic E-state index is 14.3. The number of ketones is 1. The van der Waals surface area contributed by atoms with E-state index in [-0.39, 0.29) is 29.4 Å². The second-order valence-corrected chi connectivity index (χ2v) is 10.1. The molecule has 0 spiro atoms. The van der Waals surface area contributed by atoms with E-state index in [0.29, 0.717) is 41.5 Å². The lowest BCUT2D eigenvalue weighted by atomic mass is 9.77. The Morgan fingerprint density at radius 3 is 2.70 bits per heavy atom. The number of hydrogen-bond acceptors (Lipinski definition) is 6. The number of aryl methyl sites for hydroxylation is 1. The number of carbonyl (C=O) groups is 2. The average molecular weight is 523 g/mol. The van der Waals surface area contributed by atoms with Gasteiger partial charge in [0.15, 0.2) is 17.4 Å². The summed E-state index contributed by atoms with van der Waals surface area (Å²) in [4.78, 5) is 28.8. The first kappa shape index (κ1) is 23.7. The van der Waals surface area contributed by atoms with Gasteiger partial charge in [0.25, 0.3) is 5.91 Å². The van der Waals surface area contributed by atoms with Crippen molar-refractivity contribution in [2.45, 2.75) is 51.1 Å². The smallest absolute Gasteiger partial charge is 0.295 e. The maximum atomic E-state index is 14.3. The standard InChI is InChI=1S/C28H24ClFN2O5/c1-15-11-23(31-37-15)32-25(17-3-2-4-20(12-17)35-14-16-5-7-18(29)8-6-16)24-26(33)21-13-19(30)9-10-22(21)36-27(24)28(32)34/h2-8,11-12,19,21-22,25H,9-10,13-14H2,1H3. The van der Waals surface area contributed by atoms with Crippen molar-refractivity contribution in [2.24, 2.45) is 5.92 Å². The predicted molar refractivity (Wildman–Crippen MR) is 133 cm³/mol. The molecule has 1 aliphatic carbocycles. The molecule has 0 N–H and O–H groups in total. The first-order valence-electron chi connectivity index (χ1n) is 12.2. The fraction of sp³-hybridized carbons (Fsp3) is 0.321. The van der Waals surface area contributed by atoms with Crippen LogP contribution in [-0.4, -0.2) is 29.1 Å². The van der Waals surface area contributed by atoms with Crippen LogP contribution in [0.4, 0.5) is 10.2 Å². The average Bonchev–Trinajstić information content (AvgIpc) is 3.45. The van der Waals surface area contributed by atoms with E-state index in [1.807, 2.05) is 18.2 Å². The molecule has 1 amide bonds. The summed E-state index contributed by atoms with van der Waals surface area (Å²) in [6.45, 7) is 2.04. The molecular formula is C28H24ClFN2O5. The number of carbonyl (C=O) groups excluding carboxylic acids is 2. The molecule has 6 rings (SSSR count). The van der Waals surface area contributed by atoms with Crippen LogP contribution in [-0.2, 0) is 20.9 Å². The van der Waals surface area contributed by atoms with Gasteiger partial charge in [0.2, 0.25) is 0 Å². The lowest BCUT2D eigenvalue weighted by molar-refractivity contribution is -0.133. The molecular weight excluding hydrogens is 499 g/mol. The van der Waals surface area contributed by atoms with E-state index in [1.165, 1.54) is 4.90 Å². The number of rotatable bonds is 5. The minimum Gasteiger partial charge on any atom is -0.489 e. The molecule has 3 aromatic rings. The summed E-state index contributed by atoms with van der Waals surface area (Å²) >= 11 is 5.97. The first-order valence-corrected chi connectivity index (χ1v) is 12.6. The first-order chi connectivity index (χ1) is 17.9. The molecule has 0 saturated heterocycles. The van der Waals surface area contributed by atoms with Gasteiger partial charge in [-0.1, -0.05) is 41.0 Å². The number of Topliss-reactive ketones (excluding diaryl/α,β-unsaturated/α-hetero) is 1. The second kappa shape index (κ2) is 9.34. The number of anilines is 1. The molecule has 3 aliphatic rings. The molecule has 190 valence electrons. The molecule has 37 heavy (non-hydrogen) atoms. The Morgan fingerprint density at radius 2 is 1.95 bits per heavy atom. The number of ether oxygens (including phenoxy) is 2. The quantitative estimate of drug-likeness (QED) is 0.430. The Morgan fingerprint density at radius 1 is 1.14 bits per heavy atom. The zero-order valence-corrected chi connectivity index (χ0v) is 20.8. The minimum atomic E-state index is -1.06. The highest BCUT2D eigenvalue weighted by Gasteiger charge is 2.54. The van der Waals surface area contributed by atoms with Gasteiger partial charge in [0, 0.05) is 11.1 Å². The Hall–Kier alpha value is -3.65. The third kappa shape index (κ3) is 4.29. The molecule has 2 aliphatic heterocycles. The van der Waals surface area contributed by atoms with E-state index in [0.717, 1.165) is 5.56 Å². The van der Waals surface area contributed by atoms with Gasteiger partial charge in [0.05, 0.1) is 17.5 Å². The van der Waals surface area contributed by atoms with Crippen LogP contribution < -0.4 is 9.64 Å². The normalized spacial score (nSPS) is 25.1. The molecule has 0 radical (unpaired) electrons. The van der Waals surface area contributed by atoms with Gasteiger partial charge in [-0.05, 0) is 61.6 Å². The zero-order valence-electron chi connectivity index (χ0n) is 20.0. The molecule has 2 aromatic carbocycles. The largest absolute Gasteiger partial charge is 0.489 e.